The van der Waals surface area contributed by atoms with E-state index in [2.05, 4.69) is 31.4 Å². The van der Waals surface area contributed by atoms with Crippen LogP contribution >= 0.6 is 27.7 Å². The largest absolute Gasteiger partial charge is 0.488 e. The Hall–Kier alpha value is -3.24. The van der Waals surface area contributed by atoms with E-state index in [0.29, 0.717) is 11.3 Å². The maximum atomic E-state index is 12.0. The molecule has 2 aromatic carbocycles. The fraction of sp³-hybridized carbons (Fsp3) is 0.0952. The molecule has 0 radical (unpaired) electrons. The molecular weight excluding hydrogens is 484 g/mol. The van der Waals surface area contributed by atoms with E-state index >= 15 is 0 Å². The number of ether oxygens (including phenoxy) is 1. The van der Waals surface area contributed by atoms with Crippen LogP contribution in [-0.4, -0.2) is 27.8 Å². The van der Waals surface area contributed by atoms with Crippen molar-refractivity contribution in [1.29, 1.82) is 0 Å². The molecule has 0 fully saturated rings. The molecule has 158 valence electrons. The molecule has 8 nitrogen and oxygen atoms in total. The first-order valence-electron chi connectivity index (χ1n) is 9.02. The highest BCUT2D eigenvalue weighted by Gasteiger charge is 2.11. The molecule has 3 aromatic rings. The van der Waals surface area contributed by atoms with Crippen LogP contribution < -0.4 is 10.2 Å². The number of benzene rings is 2. The molecule has 1 aromatic heterocycles. The lowest BCUT2D eigenvalue weighted by Crippen LogP contribution is -2.19. The lowest BCUT2D eigenvalue weighted by molar-refractivity contribution is -0.384. The number of carbonyl (C=O) groups is 1. The van der Waals surface area contributed by atoms with Gasteiger partial charge in [0, 0.05) is 28.4 Å². The van der Waals surface area contributed by atoms with Gasteiger partial charge in [0.05, 0.1) is 21.9 Å². The number of rotatable bonds is 9. The van der Waals surface area contributed by atoms with E-state index in [9.17, 15) is 14.9 Å². The summed E-state index contributed by atoms with van der Waals surface area (Å²) in [6, 6.07) is 17.3. The zero-order valence-corrected chi connectivity index (χ0v) is 18.5. The van der Waals surface area contributed by atoms with Crippen molar-refractivity contribution in [3.8, 4) is 5.75 Å². The van der Waals surface area contributed by atoms with Crippen LogP contribution in [0.1, 0.15) is 11.1 Å². The van der Waals surface area contributed by atoms with Crippen LogP contribution in [0.5, 0.6) is 5.75 Å². The molecule has 0 spiro atoms. The summed E-state index contributed by atoms with van der Waals surface area (Å²) in [5, 5.41) is 15.8. The molecule has 0 aliphatic carbocycles. The molecule has 0 aliphatic rings. The van der Waals surface area contributed by atoms with Crippen LogP contribution in [0, 0.1) is 10.1 Å². The summed E-state index contributed by atoms with van der Waals surface area (Å²) in [5.41, 5.74) is 3.62. The Kier molecular flexibility index (Phi) is 8.13. The maximum Gasteiger partial charge on any atom is 0.270 e. The van der Waals surface area contributed by atoms with Gasteiger partial charge in [-0.2, -0.15) is 5.10 Å². The summed E-state index contributed by atoms with van der Waals surface area (Å²) >= 11 is 4.65. The average molecular weight is 501 g/mol. The Morgan fingerprint density at radius 2 is 2.03 bits per heavy atom. The summed E-state index contributed by atoms with van der Waals surface area (Å²) < 4.78 is 6.76. The number of hydrogen-bond donors (Lipinski definition) is 1. The number of nitro benzene ring substituents is 1. The highest BCUT2D eigenvalue weighted by atomic mass is 79.9. The van der Waals surface area contributed by atoms with Gasteiger partial charge in [0.2, 0.25) is 5.91 Å². The van der Waals surface area contributed by atoms with Crippen molar-refractivity contribution in [1.82, 2.24) is 10.4 Å². The molecule has 31 heavy (non-hydrogen) atoms. The van der Waals surface area contributed by atoms with E-state index in [0.717, 1.165) is 15.1 Å². The molecule has 0 unspecified atom stereocenters. The number of nitrogens with one attached hydrogen (secondary N) is 1. The number of aromatic nitrogens is 1. The van der Waals surface area contributed by atoms with Gasteiger partial charge < -0.3 is 4.74 Å². The van der Waals surface area contributed by atoms with E-state index < -0.39 is 4.92 Å². The van der Waals surface area contributed by atoms with Crippen LogP contribution in [0.25, 0.3) is 0 Å². The number of hydrazone groups is 1. The molecule has 3 rings (SSSR count). The van der Waals surface area contributed by atoms with Crippen molar-refractivity contribution in [2.75, 3.05) is 5.75 Å². The first kappa shape index (κ1) is 22.4. The van der Waals surface area contributed by atoms with Gasteiger partial charge in [-0.25, -0.2) is 10.4 Å². The summed E-state index contributed by atoms with van der Waals surface area (Å²) in [6.07, 6.45) is 2.98. The second kappa shape index (κ2) is 11.2. The number of carbonyl (C=O) groups excluding carboxylic acids is 1. The Morgan fingerprint density at radius 1 is 1.23 bits per heavy atom. The molecule has 10 heteroatoms. The molecule has 0 saturated carbocycles. The second-order valence-electron chi connectivity index (χ2n) is 6.14. The number of halogens is 1. The lowest BCUT2D eigenvalue weighted by atomic mass is 10.2. The molecule has 0 aliphatic heterocycles. The van der Waals surface area contributed by atoms with Crippen molar-refractivity contribution in [3.63, 3.8) is 0 Å². The minimum absolute atomic E-state index is 0.102. The van der Waals surface area contributed by atoms with E-state index in [1.807, 2.05) is 30.3 Å². The van der Waals surface area contributed by atoms with Crippen molar-refractivity contribution >= 4 is 45.5 Å². The lowest BCUT2D eigenvalue weighted by Gasteiger charge is -2.09. The van der Waals surface area contributed by atoms with Crippen LogP contribution in [0.15, 0.2) is 81.5 Å². The standard InChI is InChI=1S/C21H17BrN4O4S/c22-17-6-4-15(5-7-17)13-30-19-9-8-18(26(28)29)11-16(19)12-24-25-20(27)14-31-21-3-1-2-10-23-21/h1-12H,13-14H2,(H,25,27)/b24-12+. The zero-order chi connectivity index (χ0) is 22.1. The monoisotopic (exact) mass is 500 g/mol. The van der Waals surface area contributed by atoms with Crippen LogP contribution in [0.4, 0.5) is 5.69 Å². The smallest absolute Gasteiger partial charge is 0.270 e. The topological polar surface area (TPSA) is 107 Å². The number of non-ortho nitro benzene ring substituents is 1. The Balaban J connectivity index is 1.64. The van der Waals surface area contributed by atoms with Gasteiger partial charge >= 0.3 is 0 Å². The molecule has 1 heterocycles. The fourth-order valence-electron chi connectivity index (χ4n) is 2.40. The normalized spacial score (nSPS) is 10.7. The quantitative estimate of drug-likeness (QED) is 0.199. The summed E-state index contributed by atoms with van der Waals surface area (Å²) in [6.45, 7) is 0.277. The third kappa shape index (κ3) is 7.19. The van der Waals surface area contributed by atoms with E-state index in [1.54, 1.807) is 18.3 Å². The SMILES string of the molecule is O=C(CSc1ccccn1)N/N=C/c1cc([N+](=O)[O-])ccc1OCc1ccc(Br)cc1. The van der Waals surface area contributed by atoms with Crippen LogP contribution in [0.3, 0.4) is 0 Å². The third-order valence-electron chi connectivity index (χ3n) is 3.89. The van der Waals surface area contributed by atoms with E-state index in [4.69, 9.17) is 4.74 Å². The first-order valence-corrected chi connectivity index (χ1v) is 10.8. The Labute approximate surface area is 191 Å². The predicted molar refractivity (Wildman–Crippen MR) is 122 cm³/mol. The van der Waals surface area contributed by atoms with Gasteiger partial charge in [-0.1, -0.05) is 45.9 Å². The van der Waals surface area contributed by atoms with Crippen LogP contribution in [0.2, 0.25) is 0 Å². The van der Waals surface area contributed by atoms with Crippen molar-refractivity contribution in [3.05, 3.63) is 92.6 Å². The van der Waals surface area contributed by atoms with Gasteiger partial charge in [0.1, 0.15) is 12.4 Å². The van der Waals surface area contributed by atoms with E-state index in [1.165, 1.54) is 36.2 Å². The first-order chi connectivity index (χ1) is 15.0. The predicted octanol–water partition coefficient (Wildman–Crippen LogP) is 4.57. The molecule has 0 atom stereocenters. The molecular formula is C21H17BrN4O4S. The Bertz CT molecular complexity index is 1080. The van der Waals surface area contributed by atoms with Gasteiger partial charge in [-0.3, -0.25) is 14.9 Å². The summed E-state index contributed by atoms with van der Waals surface area (Å²) in [4.78, 5) is 26.7. The number of amides is 1. The van der Waals surface area contributed by atoms with E-state index in [-0.39, 0.29) is 24.0 Å². The van der Waals surface area contributed by atoms with Gasteiger partial charge in [-0.05, 0) is 35.9 Å². The minimum atomic E-state index is -0.502. The van der Waals surface area contributed by atoms with Crippen molar-refractivity contribution in [2.24, 2.45) is 5.10 Å². The Morgan fingerprint density at radius 3 is 2.74 bits per heavy atom. The minimum Gasteiger partial charge on any atom is -0.488 e. The number of thioether (sulfide) groups is 1. The highest BCUT2D eigenvalue weighted by molar-refractivity contribution is 9.10. The molecule has 0 bridgehead atoms. The summed E-state index contributed by atoms with van der Waals surface area (Å²) in [7, 11) is 0. The summed E-state index contributed by atoms with van der Waals surface area (Å²) in [5.74, 6) is 0.222. The molecule has 1 N–H and O–H groups in total. The second-order valence-corrected chi connectivity index (χ2v) is 8.06. The maximum absolute atomic E-state index is 12.0. The highest BCUT2D eigenvalue weighted by Crippen LogP contribution is 2.24. The van der Waals surface area contributed by atoms with Crippen molar-refractivity contribution in [2.45, 2.75) is 11.6 Å². The number of hydrogen-bond acceptors (Lipinski definition) is 7. The fourth-order valence-corrected chi connectivity index (χ4v) is 3.32. The number of nitrogens with zero attached hydrogens (tertiary/aromatic N) is 3. The number of nitro groups is 1. The third-order valence-corrected chi connectivity index (χ3v) is 5.37. The van der Waals surface area contributed by atoms with Gasteiger partial charge in [0.15, 0.2) is 0 Å². The number of pyridine rings is 1. The zero-order valence-electron chi connectivity index (χ0n) is 16.1. The van der Waals surface area contributed by atoms with Crippen LogP contribution in [-0.2, 0) is 11.4 Å². The van der Waals surface area contributed by atoms with Gasteiger partial charge in [0.25, 0.3) is 5.69 Å². The van der Waals surface area contributed by atoms with Crippen molar-refractivity contribution < 1.29 is 14.5 Å². The average Bonchev–Trinajstić information content (AvgIpc) is 2.78. The molecule has 0 saturated heterocycles. The molecule has 1 amide bonds. The van der Waals surface area contributed by atoms with Gasteiger partial charge in [-0.15, -0.1) is 0 Å².